The van der Waals surface area contributed by atoms with E-state index in [0.29, 0.717) is 0 Å². The van der Waals surface area contributed by atoms with Crippen molar-refractivity contribution in [2.45, 2.75) is 55.5 Å². The molecule has 3 aliphatic heterocycles. The summed E-state index contributed by atoms with van der Waals surface area (Å²) in [5.74, 6) is -0.774. The summed E-state index contributed by atoms with van der Waals surface area (Å²) in [6.45, 7) is -1.99. The molecule has 12 N–H and O–H groups in total. The van der Waals surface area contributed by atoms with Gasteiger partial charge in [0, 0.05) is 18.0 Å². The second kappa shape index (κ2) is 14.0. The summed E-state index contributed by atoms with van der Waals surface area (Å²) in [4.78, 5) is 73.3. The zero-order valence-electron chi connectivity index (χ0n) is 24.2. The van der Waals surface area contributed by atoms with E-state index in [-0.39, 0.29) is 29.0 Å². The number of allylic oxidation sites excluding steroid dienone is 1. The maximum Gasteiger partial charge on any atom is 0.128 e. The zero-order valence-corrected chi connectivity index (χ0v) is 27.0. The van der Waals surface area contributed by atoms with Gasteiger partial charge in [-0.3, -0.25) is 4.79 Å². The molecule has 1 amide bonds. The molecule has 2 saturated heterocycles. The van der Waals surface area contributed by atoms with Crippen molar-refractivity contribution in [2.75, 3.05) is 18.9 Å². The number of imidazole rings is 1. The molecular formula is C21H32N7O17P3. The van der Waals surface area contributed by atoms with Crippen LogP contribution in [0.4, 0.5) is 5.82 Å². The number of nitrogens with zero attached hydrogens (tertiary/aromatic N) is 5. The van der Waals surface area contributed by atoms with Crippen LogP contribution in [0.5, 0.6) is 0 Å². The van der Waals surface area contributed by atoms with Crippen LogP contribution in [0.1, 0.15) is 12.6 Å². The van der Waals surface area contributed by atoms with Crippen molar-refractivity contribution in [2.24, 2.45) is 5.73 Å². The number of fused-ring (bicyclic) bond motifs is 1. The summed E-state index contributed by atoms with van der Waals surface area (Å²) in [5, 5.41) is 31.6. The quantitative estimate of drug-likeness (QED) is 0.0898. The zero-order chi connectivity index (χ0) is 35.2. The summed E-state index contributed by atoms with van der Waals surface area (Å²) in [7, 11) is -16.3. The van der Waals surface area contributed by atoms with Gasteiger partial charge in [-0.2, -0.15) is 0 Å². The number of rotatable bonds is 13. The first kappa shape index (κ1) is 36.7. The third-order valence-corrected chi connectivity index (χ3v) is 10.3. The van der Waals surface area contributed by atoms with Crippen molar-refractivity contribution < 1.29 is 81.1 Å². The van der Waals surface area contributed by atoms with Crippen LogP contribution in [-0.4, -0.2) is 126 Å². The number of nitrogens with two attached hydrogens (primary N) is 2. The minimum absolute atomic E-state index is 0.0277. The normalized spacial score (nSPS) is 32.2. The summed E-state index contributed by atoms with van der Waals surface area (Å²) in [6.07, 6.45) is -6.20. The standard InChI is InChI=1S/C21H32N7O17P3/c22-17-12-19(25-7-24-17)28(8-26-12)21-16(44-46(33,34)35)14(30)11(43-21)6-41-48(38,39)45-47(36,37)40-5-10-13(29)15(31)20(42-10)27-3-1-2-9(4-27)18(23)32/h1,3-4,7-8,10-11,13-16,20-21,29-31,33-35,46H,2,5-6H2,(H2,23,32)(H,36,37)(H,38,39)(H2,22,24,25). The Morgan fingerprint density at radius 2 is 1.60 bits per heavy atom. The van der Waals surface area contributed by atoms with Gasteiger partial charge in [0.05, 0.1) is 0 Å². The summed E-state index contributed by atoms with van der Waals surface area (Å²) >= 11 is 0. The summed E-state index contributed by atoms with van der Waals surface area (Å²) in [5.41, 5.74) is 11.3. The smallest absolute Gasteiger partial charge is 0.128 e. The van der Waals surface area contributed by atoms with Crippen molar-refractivity contribution in [1.29, 1.82) is 0 Å². The summed E-state index contributed by atoms with van der Waals surface area (Å²) < 4.78 is 55.8. The molecule has 0 saturated carbocycles. The molecule has 24 nitrogen and oxygen atoms in total. The number of aliphatic hydroxyl groups is 3. The molecule has 3 aliphatic rings. The van der Waals surface area contributed by atoms with Gasteiger partial charge in [0.25, 0.3) is 0 Å². The van der Waals surface area contributed by atoms with Crippen molar-refractivity contribution in [3.8, 4) is 0 Å². The largest absolute Gasteiger partial charge is 0.387 e. The number of carbonyl (C=O) groups is 1. The van der Waals surface area contributed by atoms with Gasteiger partial charge in [-0.05, 0) is 6.42 Å². The van der Waals surface area contributed by atoms with Crippen molar-refractivity contribution in [3.63, 3.8) is 0 Å². The summed E-state index contributed by atoms with van der Waals surface area (Å²) in [6, 6.07) is 0. The molecule has 5 rings (SSSR count). The van der Waals surface area contributed by atoms with E-state index in [0.717, 1.165) is 17.2 Å². The molecule has 0 bridgehead atoms. The van der Waals surface area contributed by atoms with Crippen LogP contribution in [0.15, 0.2) is 36.7 Å². The number of hydrogen-bond acceptors (Lipinski definition) is 20. The number of amides is 1. The van der Waals surface area contributed by atoms with Crippen LogP contribution >= 0.6 is 23.8 Å². The molecular weight excluding hydrogens is 715 g/mol. The van der Waals surface area contributed by atoms with Gasteiger partial charge in [-0.1, -0.05) is 6.08 Å². The van der Waals surface area contributed by atoms with Crippen LogP contribution in [0, 0.1) is 0 Å². The number of primary amides is 1. The molecule has 0 aliphatic carbocycles. The van der Waals surface area contributed by atoms with Crippen LogP contribution < -0.4 is 11.5 Å². The van der Waals surface area contributed by atoms with Crippen LogP contribution in [-0.2, 0) is 41.3 Å². The van der Waals surface area contributed by atoms with Gasteiger partial charge in [-0.25, -0.2) is 0 Å². The number of aromatic nitrogens is 4. The van der Waals surface area contributed by atoms with Crippen LogP contribution in [0.25, 0.3) is 11.2 Å². The number of ether oxygens (including phenoxy) is 2. The second-order valence-electron chi connectivity index (χ2n) is 10.5. The maximum absolute atomic E-state index is 12.6. The Morgan fingerprint density at radius 1 is 0.979 bits per heavy atom. The molecule has 48 heavy (non-hydrogen) atoms. The molecule has 0 radical (unpaired) electrons. The SMILES string of the molecule is NC(=O)C1=CN(C2OC(COP(=O)(O)OP(=O)(O)OCC3OC(n4cnc5c(N)ncnc54)C(O[PH](O)(O)O)C3O)C(O)C2O)C=CC1. The molecule has 10 unspecified atom stereocenters. The van der Waals surface area contributed by atoms with Crippen molar-refractivity contribution in [3.05, 3.63) is 36.7 Å². The number of nitrogen functional groups attached to an aromatic ring is 1. The third-order valence-electron chi connectivity index (χ3n) is 7.15. The first-order valence-electron chi connectivity index (χ1n) is 13.6. The Balaban J connectivity index is 1.20. The first-order valence-corrected chi connectivity index (χ1v) is 18.3. The molecule has 2 fully saturated rings. The van der Waals surface area contributed by atoms with Gasteiger partial charge < -0.3 is 25.6 Å². The van der Waals surface area contributed by atoms with Gasteiger partial charge in [0.1, 0.15) is 12.2 Å². The minimum atomic E-state index is -5.51. The van der Waals surface area contributed by atoms with E-state index >= 15 is 0 Å². The predicted molar refractivity (Wildman–Crippen MR) is 156 cm³/mol. The minimum Gasteiger partial charge on any atom is -0.387 e. The molecule has 2 aromatic rings. The number of phosphoric ester groups is 2. The second-order valence-corrected chi connectivity index (χ2v) is 14.9. The molecule has 0 spiro atoms. The molecule has 0 aromatic carbocycles. The topological polar surface area (TPSA) is 367 Å². The Hall–Kier alpha value is -2.57. The number of aliphatic hydroxyl groups excluding tert-OH is 3. The van der Waals surface area contributed by atoms with Gasteiger partial charge >= 0.3 is 184 Å². The first-order chi connectivity index (χ1) is 22.4. The number of anilines is 1. The molecule has 5 heterocycles. The molecule has 2 aromatic heterocycles. The third kappa shape index (κ3) is 8.24. The van der Waals surface area contributed by atoms with E-state index in [1.165, 1.54) is 23.4 Å². The van der Waals surface area contributed by atoms with Gasteiger partial charge in [-0.15, -0.1) is 0 Å². The number of carbonyl (C=O) groups excluding carboxylic acids is 1. The Bertz CT molecular complexity index is 1670. The van der Waals surface area contributed by atoms with E-state index in [4.69, 9.17) is 30.0 Å². The maximum atomic E-state index is 12.6. The number of phosphoric acid groups is 2. The van der Waals surface area contributed by atoms with E-state index < -0.39 is 92.0 Å². The molecule has 27 heteroatoms. The average molecular weight is 747 g/mol. The van der Waals surface area contributed by atoms with E-state index in [2.05, 4.69) is 23.8 Å². The monoisotopic (exact) mass is 747 g/mol. The van der Waals surface area contributed by atoms with Crippen LogP contribution in [0.2, 0.25) is 0 Å². The van der Waals surface area contributed by atoms with Gasteiger partial charge in [0.15, 0.2) is 6.23 Å². The Labute approximate surface area is 269 Å². The van der Waals surface area contributed by atoms with E-state index in [1.54, 1.807) is 0 Å². The average Bonchev–Trinajstić information content (AvgIpc) is 3.64. The fourth-order valence-corrected chi connectivity index (χ4v) is 7.68. The molecule has 268 valence electrons. The molecule has 10 atom stereocenters. The fraction of sp³-hybridized carbons (Fsp3) is 0.524. The fourth-order valence-electron chi connectivity index (χ4n) is 4.97. The van der Waals surface area contributed by atoms with Gasteiger partial charge in [0.2, 0.25) is 5.91 Å². The number of hydrogen-bond donors (Lipinski definition) is 10. The van der Waals surface area contributed by atoms with E-state index in [9.17, 15) is 53.7 Å². The van der Waals surface area contributed by atoms with Crippen LogP contribution in [0.3, 0.4) is 0 Å². The predicted octanol–water partition coefficient (Wildman–Crippen LogP) is -3.28. The van der Waals surface area contributed by atoms with E-state index in [1.807, 2.05) is 0 Å². The van der Waals surface area contributed by atoms with Crippen molar-refractivity contribution >= 4 is 46.7 Å². The Kier molecular flexibility index (Phi) is 10.7. The Morgan fingerprint density at radius 3 is 2.23 bits per heavy atom. The van der Waals surface area contributed by atoms with Crippen molar-refractivity contribution in [1.82, 2.24) is 24.4 Å².